The number of likely N-dealkylation sites (tertiary alicyclic amines) is 1. The van der Waals surface area contributed by atoms with Gasteiger partial charge in [-0.25, -0.2) is 0 Å². The molecule has 1 spiro atoms. The lowest BCUT2D eigenvalue weighted by atomic mass is 9.92. The molecule has 1 atom stereocenters. The summed E-state index contributed by atoms with van der Waals surface area (Å²) in [6, 6.07) is 14.3. The fourth-order valence-corrected chi connectivity index (χ4v) is 4.61. The number of rotatable bonds is 3. The zero-order valence-electron chi connectivity index (χ0n) is 14.4. The Balaban J connectivity index is 1.45. The quantitative estimate of drug-likeness (QED) is 0.843. The third-order valence-electron chi connectivity index (χ3n) is 5.27. The van der Waals surface area contributed by atoms with Crippen molar-refractivity contribution in [2.75, 3.05) is 31.1 Å². The highest BCUT2D eigenvalue weighted by Crippen LogP contribution is 2.33. The normalized spacial score (nSPS) is 25.3. The molecule has 132 valence electrons. The number of thiophene rings is 1. The second kappa shape index (κ2) is 7.28. The molecule has 2 aliphatic heterocycles. The van der Waals surface area contributed by atoms with Crippen LogP contribution < -0.4 is 4.90 Å². The standard InChI is InChI=1S/C20H24N2O2S/c23-19-15-24-20(16-22(19)17-6-2-1-3-7-17)9-5-11-21(12-10-20)14-18-8-4-13-25-18/h1-4,6-8,13H,5,9-12,14-16H2. The lowest BCUT2D eigenvalue weighted by molar-refractivity contribution is -0.140. The molecule has 2 aliphatic rings. The van der Waals surface area contributed by atoms with Crippen molar-refractivity contribution < 1.29 is 9.53 Å². The third kappa shape index (κ3) is 3.78. The SMILES string of the molecule is O=C1COC2(CCCN(Cc3cccs3)CC2)CN1c1ccccc1. The van der Waals surface area contributed by atoms with Gasteiger partial charge in [0.05, 0.1) is 12.1 Å². The number of hydrogen-bond acceptors (Lipinski definition) is 4. The van der Waals surface area contributed by atoms with E-state index in [4.69, 9.17) is 4.74 Å². The van der Waals surface area contributed by atoms with E-state index in [1.165, 1.54) is 4.88 Å². The van der Waals surface area contributed by atoms with Crippen LogP contribution in [0.4, 0.5) is 5.69 Å². The molecule has 0 N–H and O–H groups in total. The first-order chi connectivity index (χ1) is 12.2. The van der Waals surface area contributed by atoms with E-state index >= 15 is 0 Å². The first kappa shape index (κ1) is 16.8. The van der Waals surface area contributed by atoms with E-state index in [9.17, 15) is 4.79 Å². The van der Waals surface area contributed by atoms with Crippen LogP contribution in [0.25, 0.3) is 0 Å². The van der Waals surface area contributed by atoms with Crippen molar-refractivity contribution in [1.82, 2.24) is 4.90 Å². The minimum absolute atomic E-state index is 0.0662. The smallest absolute Gasteiger partial charge is 0.253 e. The summed E-state index contributed by atoms with van der Waals surface area (Å²) in [7, 11) is 0. The van der Waals surface area contributed by atoms with Gasteiger partial charge in [-0.05, 0) is 49.4 Å². The first-order valence-electron chi connectivity index (χ1n) is 8.98. The Bertz CT molecular complexity index is 704. The van der Waals surface area contributed by atoms with E-state index in [0.29, 0.717) is 6.54 Å². The minimum atomic E-state index is -0.200. The van der Waals surface area contributed by atoms with Gasteiger partial charge in [0.25, 0.3) is 5.91 Å². The lowest BCUT2D eigenvalue weighted by Crippen LogP contribution is -2.55. The molecule has 0 aliphatic carbocycles. The van der Waals surface area contributed by atoms with Crippen molar-refractivity contribution in [3.8, 4) is 0 Å². The van der Waals surface area contributed by atoms with Crippen molar-refractivity contribution >= 4 is 22.9 Å². The van der Waals surface area contributed by atoms with E-state index in [-0.39, 0.29) is 18.1 Å². The predicted octanol–water partition coefficient (Wildman–Crippen LogP) is 3.54. The summed E-state index contributed by atoms with van der Waals surface area (Å²) in [4.78, 5) is 18.2. The van der Waals surface area contributed by atoms with E-state index in [2.05, 4.69) is 22.4 Å². The van der Waals surface area contributed by atoms with E-state index in [1.807, 2.05) is 46.6 Å². The van der Waals surface area contributed by atoms with Crippen molar-refractivity contribution in [3.05, 3.63) is 52.7 Å². The average molecular weight is 356 g/mol. The van der Waals surface area contributed by atoms with Gasteiger partial charge in [0.1, 0.15) is 6.61 Å². The molecule has 2 saturated heterocycles. The molecular weight excluding hydrogens is 332 g/mol. The Morgan fingerprint density at radius 1 is 1.08 bits per heavy atom. The van der Waals surface area contributed by atoms with Gasteiger partial charge in [0.2, 0.25) is 0 Å². The average Bonchev–Trinajstić information content (AvgIpc) is 3.08. The second-order valence-corrected chi connectivity index (χ2v) is 8.03. The molecule has 0 saturated carbocycles. The number of para-hydroxylation sites is 1. The Morgan fingerprint density at radius 3 is 2.76 bits per heavy atom. The summed E-state index contributed by atoms with van der Waals surface area (Å²) in [5.74, 6) is 0.0662. The Kier molecular flexibility index (Phi) is 4.88. The Hall–Kier alpha value is -1.69. The number of ether oxygens (including phenoxy) is 1. The van der Waals surface area contributed by atoms with Crippen LogP contribution in [-0.4, -0.2) is 42.6 Å². The van der Waals surface area contributed by atoms with Crippen LogP contribution in [0.3, 0.4) is 0 Å². The zero-order valence-corrected chi connectivity index (χ0v) is 15.2. The van der Waals surface area contributed by atoms with Crippen LogP contribution in [0.1, 0.15) is 24.1 Å². The number of nitrogens with zero attached hydrogens (tertiary/aromatic N) is 2. The van der Waals surface area contributed by atoms with Gasteiger partial charge in [-0.3, -0.25) is 9.69 Å². The monoisotopic (exact) mass is 356 g/mol. The molecule has 0 radical (unpaired) electrons. The molecular formula is C20H24N2O2S. The van der Waals surface area contributed by atoms with Gasteiger partial charge in [-0.1, -0.05) is 24.3 Å². The van der Waals surface area contributed by atoms with Gasteiger partial charge in [0.15, 0.2) is 0 Å². The number of amides is 1. The molecule has 25 heavy (non-hydrogen) atoms. The molecule has 3 heterocycles. The number of carbonyl (C=O) groups excluding carboxylic acids is 1. The van der Waals surface area contributed by atoms with Gasteiger partial charge in [0, 0.05) is 23.7 Å². The fraction of sp³-hybridized carbons (Fsp3) is 0.450. The molecule has 2 fully saturated rings. The molecule has 5 heteroatoms. The van der Waals surface area contributed by atoms with Crippen molar-refractivity contribution in [2.45, 2.75) is 31.4 Å². The minimum Gasteiger partial charge on any atom is -0.363 e. The highest BCUT2D eigenvalue weighted by Gasteiger charge is 2.41. The van der Waals surface area contributed by atoms with Gasteiger partial charge >= 0.3 is 0 Å². The van der Waals surface area contributed by atoms with Crippen molar-refractivity contribution in [3.63, 3.8) is 0 Å². The van der Waals surface area contributed by atoms with Crippen LogP contribution in [0.5, 0.6) is 0 Å². The van der Waals surface area contributed by atoms with Crippen LogP contribution in [0.2, 0.25) is 0 Å². The Morgan fingerprint density at radius 2 is 1.96 bits per heavy atom. The maximum Gasteiger partial charge on any atom is 0.253 e. The van der Waals surface area contributed by atoms with E-state index in [1.54, 1.807) is 0 Å². The summed E-state index contributed by atoms with van der Waals surface area (Å²) in [5, 5.41) is 2.14. The topological polar surface area (TPSA) is 32.8 Å². The highest BCUT2D eigenvalue weighted by atomic mass is 32.1. The summed E-state index contributed by atoms with van der Waals surface area (Å²) < 4.78 is 6.12. The maximum atomic E-state index is 12.4. The van der Waals surface area contributed by atoms with Crippen LogP contribution in [0.15, 0.2) is 47.8 Å². The molecule has 4 nitrogen and oxygen atoms in total. The van der Waals surface area contributed by atoms with Gasteiger partial charge in [-0.15, -0.1) is 11.3 Å². The van der Waals surface area contributed by atoms with Crippen molar-refractivity contribution in [1.29, 1.82) is 0 Å². The molecule has 4 rings (SSSR count). The van der Waals surface area contributed by atoms with Crippen LogP contribution >= 0.6 is 11.3 Å². The highest BCUT2D eigenvalue weighted by molar-refractivity contribution is 7.09. The number of benzene rings is 1. The van der Waals surface area contributed by atoms with Crippen molar-refractivity contribution in [2.24, 2.45) is 0 Å². The molecule has 1 amide bonds. The third-order valence-corrected chi connectivity index (χ3v) is 6.13. The molecule has 1 aromatic carbocycles. The van der Waals surface area contributed by atoms with Gasteiger partial charge < -0.3 is 9.64 Å². The van der Waals surface area contributed by atoms with Crippen LogP contribution in [-0.2, 0) is 16.1 Å². The zero-order chi connectivity index (χ0) is 17.1. The fourth-order valence-electron chi connectivity index (χ4n) is 3.86. The maximum absolute atomic E-state index is 12.4. The summed E-state index contributed by atoms with van der Waals surface area (Å²) in [5.41, 5.74) is 0.781. The summed E-state index contributed by atoms with van der Waals surface area (Å²) >= 11 is 1.82. The number of morpholine rings is 1. The van der Waals surface area contributed by atoms with E-state index < -0.39 is 0 Å². The number of carbonyl (C=O) groups is 1. The number of hydrogen-bond donors (Lipinski definition) is 0. The molecule has 1 aromatic heterocycles. The number of anilines is 1. The Labute approximate surface area is 153 Å². The predicted molar refractivity (Wildman–Crippen MR) is 101 cm³/mol. The molecule has 2 aromatic rings. The second-order valence-electron chi connectivity index (χ2n) is 7.00. The van der Waals surface area contributed by atoms with Crippen LogP contribution in [0, 0.1) is 0 Å². The van der Waals surface area contributed by atoms with Gasteiger partial charge in [-0.2, -0.15) is 0 Å². The van der Waals surface area contributed by atoms with E-state index in [0.717, 1.165) is 44.6 Å². The first-order valence-corrected chi connectivity index (χ1v) is 9.86. The lowest BCUT2D eigenvalue weighted by Gasteiger charge is -2.42. The largest absolute Gasteiger partial charge is 0.363 e. The molecule has 0 bridgehead atoms. The summed E-state index contributed by atoms with van der Waals surface area (Å²) in [6.45, 7) is 4.01. The molecule has 1 unspecified atom stereocenters. The summed E-state index contributed by atoms with van der Waals surface area (Å²) in [6.07, 6.45) is 3.11.